The second-order valence-corrected chi connectivity index (χ2v) is 5.39. The molecule has 1 unspecified atom stereocenters. The van der Waals surface area contributed by atoms with Gasteiger partial charge in [0, 0.05) is 12.1 Å². The molecule has 2 rings (SSSR count). The van der Waals surface area contributed by atoms with E-state index in [0.717, 1.165) is 35.5 Å². The Kier molecular flexibility index (Phi) is 4.51. The molecule has 1 aromatic carbocycles. The summed E-state index contributed by atoms with van der Waals surface area (Å²) in [5.74, 6) is 2.25. The van der Waals surface area contributed by atoms with E-state index in [-0.39, 0.29) is 0 Å². The van der Waals surface area contributed by atoms with Gasteiger partial charge in [0.25, 0.3) is 0 Å². The van der Waals surface area contributed by atoms with Gasteiger partial charge in [-0.05, 0) is 52.9 Å². The van der Waals surface area contributed by atoms with Crippen molar-refractivity contribution in [2.75, 3.05) is 27.3 Å². The van der Waals surface area contributed by atoms with Crippen LogP contribution in [-0.2, 0) is 6.42 Å². The average molecular weight is 314 g/mol. The number of nitrogens with one attached hydrogen (secondary N) is 1. The zero-order chi connectivity index (χ0) is 13.1. The van der Waals surface area contributed by atoms with E-state index < -0.39 is 0 Å². The third kappa shape index (κ3) is 2.36. The summed E-state index contributed by atoms with van der Waals surface area (Å²) >= 11 is 3.58. The lowest BCUT2D eigenvalue weighted by molar-refractivity contribution is 0.349. The van der Waals surface area contributed by atoms with E-state index in [4.69, 9.17) is 9.47 Å². The van der Waals surface area contributed by atoms with Crippen LogP contribution in [0, 0.1) is 0 Å². The summed E-state index contributed by atoms with van der Waals surface area (Å²) < 4.78 is 12.0. The summed E-state index contributed by atoms with van der Waals surface area (Å²) in [6.07, 6.45) is 2.15. The van der Waals surface area contributed by atoms with Gasteiger partial charge in [0.15, 0.2) is 11.5 Å². The molecular weight excluding hydrogens is 294 g/mol. The molecule has 0 radical (unpaired) electrons. The van der Waals surface area contributed by atoms with E-state index in [9.17, 15) is 0 Å². The Morgan fingerprint density at radius 2 is 2.06 bits per heavy atom. The molecule has 3 nitrogen and oxygen atoms in total. The van der Waals surface area contributed by atoms with Gasteiger partial charge in [-0.2, -0.15) is 0 Å². The van der Waals surface area contributed by atoms with Crippen LogP contribution < -0.4 is 14.8 Å². The van der Waals surface area contributed by atoms with Gasteiger partial charge in [-0.1, -0.05) is 6.92 Å². The number of methoxy groups -OCH3 is 2. The number of hydrogen-bond acceptors (Lipinski definition) is 3. The summed E-state index contributed by atoms with van der Waals surface area (Å²) in [5, 5.41) is 3.42. The third-order valence-electron chi connectivity index (χ3n) is 3.59. The highest BCUT2D eigenvalue weighted by Crippen LogP contribution is 2.43. The molecule has 0 aromatic heterocycles. The molecule has 1 aromatic rings. The van der Waals surface area contributed by atoms with E-state index in [0.29, 0.717) is 5.92 Å². The van der Waals surface area contributed by atoms with Gasteiger partial charge in [-0.25, -0.2) is 0 Å². The minimum Gasteiger partial charge on any atom is -0.493 e. The van der Waals surface area contributed by atoms with Crippen molar-refractivity contribution in [2.24, 2.45) is 0 Å². The van der Waals surface area contributed by atoms with Crippen LogP contribution in [-0.4, -0.2) is 27.3 Å². The molecule has 1 saturated heterocycles. The van der Waals surface area contributed by atoms with E-state index in [2.05, 4.69) is 34.2 Å². The molecule has 4 heteroatoms. The molecule has 1 aliphatic heterocycles. The molecule has 0 bridgehead atoms. The Labute approximate surface area is 117 Å². The summed E-state index contributed by atoms with van der Waals surface area (Å²) in [7, 11) is 3.39. The van der Waals surface area contributed by atoms with Gasteiger partial charge in [-0.3, -0.25) is 0 Å². The molecule has 0 saturated carbocycles. The maximum Gasteiger partial charge on any atom is 0.175 e. The van der Waals surface area contributed by atoms with Gasteiger partial charge >= 0.3 is 0 Å². The summed E-state index contributed by atoms with van der Waals surface area (Å²) in [5.41, 5.74) is 2.65. The third-order valence-corrected chi connectivity index (χ3v) is 4.18. The minimum absolute atomic E-state index is 0.580. The maximum absolute atomic E-state index is 5.56. The molecule has 1 heterocycles. The molecule has 1 N–H and O–H groups in total. The van der Waals surface area contributed by atoms with Crippen molar-refractivity contribution in [3.05, 3.63) is 21.7 Å². The van der Waals surface area contributed by atoms with Crippen LogP contribution >= 0.6 is 15.9 Å². The SMILES string of the molecule is CCc1c(C2CCNC2)cc(Br)c(OC)c1OC. The first kappa shape index (κ1) is 13.7. The zero-order valence-electron chi connectivity index (χ0n) is 11.2. The van der Waals surface area contributed by atoms with Crippen molar-refractivity contribution in [2.45, 2.75) is 25.7 Å². The lowest BCUT2D eigenvalue weighted by Gasteiger charge is -2.20. The molecule has 1 atom stereocenters. The van der Waals surface area contributed by atoms with Gasteiger partial charge in [0.1, 0.15) is 0 Å². The first-order valence-electron chi connectivity index (χ1n) is 6.36. The molecule has 1 fully saturated rings. The fourth-order valence-corrected chi connectivity index (χ4v) is 3.31. The van der Waals surface area contributed by atoms with E-state index in [1.54, 1.807) is 14.2 Å². The molecule has 0 spiro atoms. The summed E-state index contributed by atoms with van der Waals surface area (Å²) in [6.45, 7) is 4.31. The Morgan fingerprint density at radius 1 is 1.33 bits per heavy atom. The minimum atomic E-state index is 0.580. The molecule has 18 heavy (non-hydrogen) atoms. The van der Waals surface area contributed by atoms with Crippen molar-refractivity contribution >= 4 is 15.9 Å². The standard InChI is InChI=1S/C14H20BrNO2/c1-4-10-11(9-5-6-16-8-9)7-12(15)14(18-3)13(10)17-2/h7,9,16H,4-6,8H2,1-3H3. The number of halogens is 1. The second-order valence-electron chi connectivity index (χ2n) is 4.54. The van der Waals surface area contributed by atoms with Crippen LogP contribution in [0.3, 0.4) is 0 Å². The van der Waals surface area contributed by atoms with Crippen molar-refractivity contribution in [1.29, 1.82) is 0 Å². The molecule has 0 aliphatic carbocycles. The van der Waals surface area contributed by atoms with Crippen molar-refractivity contribution in [3.8, 4) is 11.5 Å². The predicted molar refractivity (Wildman–Crippen MR) is 76.9 cm³/mol. The fourth-order valence-electron chi connectivity index (χ4n) is 2.72. The first-order valence-corrected chi connectivity index (χ1v) is 7.16. The predicted octanol–water partition coefficient (Wildman–Crippen LogP) is 3.11. The second kappa shape index (κ2) is 5.93. The Morgan fingerprint density at radius 3 is 2.56 bits per heavy atom. The van der Waals surface area contributed by atoms with E-state index in [1.807, 2.05) is 0 Å². The first-order chi connectivity index (χ1) is 8.72. The monoisotopic (exact) mass is 313 g/mol. The molecule has 1 aliphatic rings. The maximum atomic E-state index is 5.56. The van der Waals surface area contributed by atoms with Gasteiger partial charge in [-0.15, -0.1) is 0 Å². The number of ether oxygens (including phenoxy) is 2. The summed E-state index contributed by atoms with van der Waals surface area (Å²) in [6, 6.07) is 2.19. The van der Waals surface area contributed by atoms with Crippen LogP contribution in [0.1, 0.15) is 30.4 Å². The smallest absolute Gasteiger partial charge is 0.175 e. The Hall–Kier alpha value is -0.740. The summed E-state index contributed by atoms with van der Waals surface area (Å²) in [4.78, 5) is 0. The Balaban J connectivity index is 2.55. The van der Waals surface area contributed by atoms with E-state index >= 15 is 0 Å². The number of benzene rings is 1. The molecule has 100 valence electrons. The van der Waals surface area contributed by atoms with E-state index in [1.165, 1.54) is 17.5 Å². The molecular formula is C14H20BrNO2. The number of hydrogen-bond donors (Lipinski definition) is 1. The Bertz CT molecular complexity index is 428. The van der Waals surface area contributed by atoms with Crippen molar-refractivity contribution in [1.82, 2.24) is 5.32 Å². The number of rotatable bonds is 4. The van der Waals surface area contributed by atoms with Crippen LogP contribution in [0.4, 0.5) is 0 Å². The highest BCUT2D eigenvalue weighted by Gasteiger charge is 2.24. The van der Waals surface area contributed by atoms with Crippen molar-refractivity contribution < 1.29 is 9.47 Å². The highest BCUT2D eigenvalue weighted by atomic mass is 79.9. The van der Waals surface area contributed by atoms with Gasteiger partial charge in [0.2, 0.25) is 0 Å². The van der Waals surface area contributed by atoms with Crippen molar-refractivity contribution in [3.63, 3.8) is 0 Å². The van der Waals surface area contributed by atoms with Crippen LogP contribution in [0.5, 0.6) is 11.5 Å². The lowest BCUT2D eigenvalue weighted by atomic mass is 9.91. The van der Waals surface area contributed by atoms with Gasteiger partial charge < -0.3 is 14.8 Å². The van der Waals surface area contributed by atoms with Crippen LogP contribution in [0.15, 0.2) is 10.5 Å². The highest BCUT2D eigenvalue weighted by molar-refractivity contribution is 9.10. The zero-order valence-corrected chi connectivity index (χ0v) is 12.8. The molecule has 0 amide bonds. The largest absolute Gasteiger partial charge is 0.493 e. The average Bonchev–Trinajstić information content (AvgIpc) is 2.90. The van der Waals surface area contributed by atoms with Crippen LogP contribution in [0.2, 0.25) is 0 Å². The fraction of sp³-hybridized carbons (Fsp3) is 0.571. The quantitative estimate of drug-likeness (QED) is 0.926. The van der Waals surface area contributed by atoms with Gasteiger partial charge in [0.05, 0.1) is 18.7 Å². The van der Waals surface area contributed by atoms with Crippen LogP contribution in [0.25, 0.3) is 0 Å². The topological polar surface area (TPSA) is 30.5 Å². The normalized spacial score (nSPS) is 19.0. The lowest BCUT2D eigenvalue weighted by Crippen LogP contribution is -2.10.